The molecule has 3 N–H and O–H groups in total. The number of nitrogens with zero attached hydrogens (tertiary/aromatic N) is 3. The van der Waals surface area contributed by atoms with Gasteiger partial charge in [-0.1, -0.05) is 36.4 Å². The molecule has 156 valence electrons. The summed E-state index contributed by atoms with van der Waals surface area (Å²) in [5.41, 5.74) is 1.40. The minimum Gasteiger partial charge on any atom is -0.388 e. The minimum atomic E-state index is -0.958. The van der Waals surface area contributed by atoms with Crippen LogP contribution in [-0.2, 0) is 0 Å². The predicted molar refractivity (Wildman–Crippen MR) is 120 cm³/mol. The SMILES string of the molecule is Cc1ccccc1NC(=O)N(c1ccccc1)c1ccnc(N[C@@H](C)C(C)(C)O)n1. The van der Waals surface area contributed by atoms with Crippen molar-refractivity contribution >= 4 is 29.2 Å². The highest BCUT2D eigenvalue weighted by Gasteiger charge is 2.24. The number of hydrogen-bond donors (Lipinski definition) is 3. The zero-order valence-electron chi connectivity index (χ0n) is 17.6. The summed E-state index contributed by atoms with van der Waals surface area (Å²) < 4.78 is 0. The van der Waals surface area contributed by atoms with Crippen LogP contribution in [0.4, 0.5) is 27.9 Å². The van der Waals surface area contributed by atoms with Gasteiger partial charge in [-0.05, 0) is 51.5 Å². The van der Waals surface area contributed by atoms with E-state index >= 15 is 0 Å². The number of aliphatic hydroxyl groups is 1. The largest absolute Gasteiger partial charge is 0.388 e. The van der Waals surface area contributed by atoms with E-state index in [2.05, 4.69) is 20.6 Å². The van der Waals surface area contributed by atoms with E-state index in [1.165, 1.54) is 4.90 Å². The molecule has 7 nitrogen and oxygen atoms in total. The van der Waals surface area contributed by atoms with Crippen LogP contribution in [0.25, 0.3) is 0 Å². The third-order valence-electron chi connectivity index (χ3n) is 4.88. The van der Waals surface area contributed by atoms with E-state index in [-0.39, 0.29) is 12.1 Å². The minimum absolute atomic E-state index is 0.293. The molecule has 0 bridgehead atoms. The highest BCUT2D eigenvalue weighted by atomic mass is 16.3. The Morgan fingerprint density at radius 2 is 1.73 bits per heavy atom. The van der Waals surface area contributed by atoms with Crippen LogP contribution in [0.1, 0.15) is 26.3 Å². The van der Waals surface area contributed by atoms with Gasteiger partial charge in [0.2, 0.25) is 5.95 Å². The number of aromatic nitrogens is 2. The van der Waals surface area contributed by atoms with Gasteiger partial charge in [0, 0.05) is 18.0 Å². The molecule has 30 heavy (non-hydrogen) atoms. The zero-order chi connectivity index (χ0) is 21.7. The zero-order valence-corrected chi connectivity index (χ0v) is 17.6. The second-order valence-corrected chi connectivity index (χ2v) is 7.67. The number of amides is 2. The number of carbonyl (C=O) groups excluding carboxylic acids is 1. The molecule has 0 aliphatic heterocycles. The van der Waals surface area contributed by atoms with Gasteiger partial charge in [0.25, 0.3) is 0 Å². The van der Waals surface area contributed by atoms with Gasteiger partial charge in [0.05, 0.1) is 17.3 Å². The van der Waals surface area contributed by atoms with Crippen molar-refractivity contribution in [3.63, 3.8) is 0 Å². The van der Waals surface area contributed by atoms with Gasteiger partial charge < -0.3 is 15.7 Å². The van der Waals surface area contributed by atoms with Crippen molar-refractivity contribution < 1.29 is 9.90 Å². The van der Waals surface area contributed by atoms with Gasteiger partial charge in [-0.3, -0.25) is 0 Å². The van der Waals surface area contributed by atoms with Gasteiger partial charge >= 0.3 is 6.03 Å². The third-order valence-corrected chi connectivity index (χ3v) is 4.88. The second-order valence-electron chi connectivity index (χ2n) is 7.67. The monoisotopic (exact) mass is 405 g/mol. The molecule has 0 radical (unpaired) electrons. The average Bonchev–Trinajstić information content (AvgIpc) is 2.70. The fourth-order valence-corrected chi connectivity index (χ4v) is 2.73. The van der Waals surface area contributed by atoms with E-state index in [0.29, 0.717) is 17.5 Å². The highest BCUT2D eigenvalue weighted by molar-refractivity contribution is 6.06. The second kappa shape index (κ2) is 8.92. The highest BCUT2D eigenvalue weighted by Crippen LogP contribution is 2.26. The summed E-state index contributed by atoms with van der Waals surface area (Å²) in [6.07, 6.45) is 1.58. The summed E-state index contributed by atoms with van der Waals surface area (Å²) in [4.78, 5) is 23.5. The molecule has 2 aromatic carbocycles. The van der Waals surface area contributed by atoms with E-state index in [0.717, 1.165) is 11.3 Å². The number of aryl methyl sites for hydroxylation is 1. The van der Waals surface area contributed by atoms with Crippen LogP contribution < -0.4 is 15.5 Å². The molecule has 2 amide bonds. The Hall–Kier alpha value is -3.45. The van der Waals surface area contributed by atoms with Gasteiger partial charge in [-0.25, -0.2) is 14.7 Å². The van der Waals surface area contributed by atoms with Crippen LogP contribution in [0.5, 0.6) is 0 Å². The van der Waals surface area contributed by atoms with Crippen LogP contribution in [0, 0.1) is 6.92 Å². The summed E-state index contributed by atoms with van der Waals surface area (Å²) in [5.74, 6) is 0.736. The fourth-order valence-electron chi connectivity index (χ4n) is 2.73. The Morgan fingerprint density at radius 3 is 2.40 bits per heavy atom. The molecule has 1 heterocycles. The Bertz CT molecular complexity index is 1000. The Labute approximate surface area is 176 Å². The predicted octanol–water partition coefficient (Wildman–Crippen LogP) is 4.73. The Morgan fingerprint density at radius 1 is 1.07 bits per heavy atom. The topological polar surface area (TPSA) is 90.4 Å². The molecular formula is C23H27N5O2. The van der Waals surface area contributed by atoms with Crippen LogP contribution in [0.15, 0.2) is 66.9 Å². The molecule has 0 saturated carbocycles. The van der Waals surface area contributed by atoms with Crippen molar-refractivity contribution in [2.45, 2.75) is 39.3 Å². The van der Waals surface area contributed by atoms with E-state index in [1.807, 2.05) is 68.4 Å². The van der Waals surface area contributed by atoms with Crippen LogP contribution in [0.3, 0.4) is 0 Å². The van der Waals surface area contributed by atoms with Gasteiger partial charge in [-0.2, -0.15) is 4.98 Å². The van der Waals surface area contributed by atoms with Crippen LogP contribution in [0.2, 0.25) is 0 Å². The number of anilines is 4. The first-order valence-corrected chi connectivity index (χ1v) is 9.79. The summed E-state index contributed by atoms with van der Waals surface area (Å²) >= 11 is 0. The number of urea groups is 1. The molecule has 1 atom stereocenters. The number of hydrogen-bond acceptors (Lipinski definition) is 5. The maximum absolute atomic E-state index is 13.3. The standard InChI is InChI=1S/C23H27N5O2/c1-16-10-8-9-13-19(16)26-22(29)28(18-11-6-5-7-12-18)20-14-15-24-21(27-20)25-17(2)23(3,4)30/h5-15,17,30H,1-4H3,(H,26,29)(H,24,25,27)/t17-/m0/s1. The van der Waals surface area contributed by atoms with Crippen molar-refractivity contribution in [3.05, 3.63) is 72.4 Å². The van der Waals surface area contributed by atoms with Crippen molar-refractivity contribution in [2.75, 3.05) is 15.5 Å². The molecular weight excluding hydrogens is 378 g/mol. The van der Waals surface area contributed by atoms with Crippen molar-refractivity contribution in [1.29, 1.82) is 0 Å². The lowest BCUT2D eigenvalue weighted by Crippen LogP contribution is -2.40. The molecule has 3 rings (SSSR count). The maximum Gasteiger partial charge on any atom is 0.332 e. The number of para-hydroxylation sites is 2. The lowest BCUT2D eigenvalue weighted by molar-refractivity contribution is 0.0646. The molecule has 0 saturated heterocycles. The normalized spacial score (nSPS) is 12.2. The maximum atomic E-state index is 13.3. The molecule has 0 spiro atoms. The number of carbonyl (C=O) groups is 1. The number of nitrogens with one attached hydrogen (secondary N) is 2. The van der Waals surface area contributed by atoms with Crippen LogP contribution in [-0.4, -0.2) is 32.7 Å². The summed E-state index contributed by atoms with van der Waals surface area (Å²) in [7, 11) is 0. The molecule has 7 heteroatoms. The van der Waals surface area contributed by atoms with Crippen molar-refractivity contribution in [3.8, 4) is 0 Å². The first kappa shape index (κ1) is 21.3. The van der Waals surface area contributed by atoms with E-state index < -0.39 is 5.60 Å². The lowest BCUT2D eigenvalue weighted by Gasteiger charge is -2.27. The third kappa shape index (κ3) is 5.12. The Balaban J connectivity index is 1.95. The number of rotatable bonds is 6. The van der Waals surface area contributed by atoms with Crippen LogP contribution >= 0.6 is 0 Å². The molecule has 0 unspecified atom stereocenters. The van der Waals surface area contributed by atoms with Gasteiger partial charge in [0.1, 0.15) is 5.82 Å². The summed E-state index contributed by atoms with van der Waals surface area (Å²) in [6, 6.07) is 17.9. The van der Waals surface area contributed by atoms with Gasteiger partial charge in [-0.15, -0.1) is 0 Å². The molecule has 3 aromatic rings. The molecule has 0 fully saturated rings. The quantitative estimate of drug-likeness (QED) is 0.552. The van der Waals surface area contributed by atoms with Crippen molar-refractivity contribution in [2.24, 2.45) is 0 Å². The smallest absolute Gasteiger partial charge is 0.332 e. The lowest BCUT2D eigenvalue weighted by atomic mass is 10.0. The fraction of sp³-hybridized carbons (Fsp3) is 0.261. The first-order chi connectivity index (χ1) is 14.3. The first-order valence-electron chi connectivity index (χ1n) is 9.79. The average molecular weight is 406 g/mol. The van der Waals surface area contributed by atoms with E-state index in [9.17, 15) is 9.90 Å². The van der Waals surface area contributed by atoms with Gasteiger partial charge in [0.15, 0.2) is 0 Å². The molecule has 0 aliphatic carbocycles. The summed E-state index contributed by atoms with van der Waals surface area (Å²) in [5, 5.41) is 16.2. The molecule has 0 aliphatic rings. The van der Waals surface area contributed by atoms with Crippen molar-refractivity contribution in [1.82, 2.24) is 9.97 Å². The van der Waals surface area contributed by atoms with E-state index in [4.69, 9.17) is 0 Å². The summed E-state index contributed by atoms with van der Waals surface area (Å²) in [6.45, 7) is 7.20. The van der Waals surface area contributed by atoms with E-state index in [1.54, 1.807) is 26.1 Å². The molecule has 1 aromatic heterocycles. The Kier molecular flexibility index (Phi) is 6.32. The number of benzene rings is 2.